The average Bonchev–Trinajstić information content (AvgIpc) is 2.87. The number of fused-ring (bicyclic) bond motifs is 1. The van der Waals surface area contributed by atoms with Crippen molar-refractivity contribution in [2.45, 2.75) is 13.0 Å². The lowest BCUT2D eigenvalue weighted by molar-refractivity contribution is -0.145. The van der Waals surface area contributed by atoms with Gasteiger partial charge >= 0.3 is 5.97 Å². The van der Waals surface area contributed by atoms with Crippen molar-refractivity contribution in [1.29, 1.82) is 0 Å². The number of para-hydroxylation sites is 1. The first-order valence-corrected chi connectivity index (χ1v) is 6.87. The van der Waals surface area contributed by atoms with E-state index < -0.39 is 0 Å². The van der Waals surface area contributed by atoms with Gasteiger partial charge in [0.2, 0.25) is 5.91 Å². The second kappa shape index (κ2) is 5.52. The number of hydrogen-bond donors (Lipinski definition) is 0. The number of hydrogen-bond acceptors (Lipinski definition) is 4. The van der Waals surface area contributed by atoms with E-state index in [9.17, 15) is 9.59 Å². The van der Waals surface area contributed by atoms with Gasteiger partial charge in [0.25, 0.3) is 0 Å². The van der Waals surface area contributed by atoms with E-state index in [0.717, 1.165) is 16.6 Å². The zero-order valence-electron chi connectivity index (χ0n) is 11.8. The van der Waals surface area contributed by atoms with Crippen LogP contribution in [0.15, 0.2) is 36.4 Å². The molecule has 0 spiro atoms. The Morgan fingerprint density at radius 2 is 2.14 bits per heavy atom. The van der Waals surface area contributed by atoms with Crippen LogP contribution in [-0.2, 0) is 20.9 Å². The summed E-state index contributed by atoms with van der Waals surface area (Å²) in [6.45, 7) is 0.831. The summed E-state index contributed by atoms with van der Waals surface area (Å²) in [5, 5.41) is 1.07. The molecular weight excluding hydrogens is 268 g/mol. The van der Waals surface area contributed by atoms with Crippen LogP contribution in [0.5, 0.6) is 0 Å². The van der Waals surface area contributed by atoms with E-state index in [2.05, 4.69) is 4.98 Å². The number of nitrogens with zero attached hydrogens (tertiary/aromatic N) is 2. The standard InChI is InChI=1S/C16H16N2O3/c1-21-16(20)12-8-15(19)18(9-12)10-13-7-6-11-4-2-3-5-14(11)17-13/h2-7,12H,8-10H2,1H3. The van der Waals surface area contributed by atoms with Crippen LogP contribution in [0.1, 0.15) is 12.1 Å². The van der Waals surface area contributed by atoms with Crippen LogP contribution in [0.3, 0.4) is 0 Å². The molecule has 1 saturated heterocycles. The maximum absolute atomic E-state index is 12.0. The Labute approximate surface area is 122 Å². The maximum atomic E-state index is 12.0. The van der Waals surface area contributed by atoms with Gasteiger partial charge in [-0.05, 0) is 12.1 Å². The quantitative estimate of drug-likeness (QED) is 0.806. The molecule has 0 aliphatic carbocycles. The third kappa shape index (κ3) is 2.72. The predicted molar refractivity (Wildman–Crippen MR) is 77.3 cm³/mol. The lowest BCUT2D eigenvalue weighted by Gasteiger charge is -2.16. The van der Waals surface area contributed by atoms with E-state index in [4.69, 9.17) is 4.74 Å². The summed E-state index contributed by atoms with van der Waals surface area (Å²) in [4.78, 5) is 29.7. The minimum Gasteiger partial charge on any atom is -0.469 e. The van der Waals surface area contributed by atoms with Crippen LogP contribution in [0.4, 0.5) is 0 Å². The van der Waals surface area contributed by atoms with Crippen LogP contribution in [-0.4, -0.2) is 35.4 Å². The number of benzene rings is 1. The molecule has 0 saturated carbocycles. The topological polar surface area (TPSA) is 59.5 Å². The minimum absolute atomic E-state index is 0.0274. The molecule has 5 heteroatoms. The monoisotopic (exact) mass is 284 g/mol. The fourth-order valence-corrected chi connectivity index (χ4v) is 2.64. The predicted octanol–water partition coefficient (Wildman–Crippen LogP) is 1.76. The number of rotatable bonds is 3. The molecule has 1 amide bonds. The second-order valence-corrected chi connectivity index (χ2v) is 5.19. The van der Waals surface area contributed by atoms with E-state index in [-0.39, 0.29) is 24.2 Å². The SMILES string of the molecule is COC(=O)C1CC(=O)N(Cc2ccc3ccccc3n2)C1. The molecule has 3 rings (SSSR count). The highest BCUT2D eigenvalue weighted by atomic mass is 16.5. The highest BCUT2D eigenvalue weighted by molar-refractivity contribution is 5.86. The van der Waals surface area contributed by atoms with Gasteiger partial charge in [-0.2, -0.15) is 0 Å². The molecule has 1 atom stereocenters. The molecule has 1 aromatic carbocycles. The van der Waals surface area contributed by atoms with Gasteiger partial charge in [0, 0.05) is 18.4 Å². The number of carbonyl (C=O) groups excluding carboxylic acids is 2. The van der Waals surface area contributed by atoms with Gasteiger partial charge in [0.15, 0.2) is 0 Å². The molecule has 1 aliphatic rings. The molecule has 0 N–H and O–H groups in total. The molecule has 1 aliphatic heterocycles. The van der Waals surface area contributed by atoms with Crippen molar-refractivity contribution in [3.8, 4) is 0 Å². The number of ether oxygens (including phenoxy) is 1. The Morgan fingerprint density at radius 3 is 2.95 bits per heavy atom. The number of carbonyl (C=O) groups is 2. The van der Waals surface area contributed by atoms with Crippen LogP contribution in [0.25, 0.3) is 10.9 Å². The molecule has 21 heavy (non-hydrogen) atoms. The van der Waals surface area contributed by atoms with Crippen LogP contribution >= 0.6 is 0 Å². The number of amides is 1. The third-order valence-electron chi connectivity index (χ3n) is 3.76. The molecular formula is C16H16N2O3. The molecule has 1 fully saturated rings. The average molecular weight is 284 g/mol. The van der Waals surface area contributed by atoms with Gasteiger partial charge in [-0.15, -0.1) is 0 Å². The number of methoxy groups -OCH3 is 1. The van der Waals surface area contributed by atoms with Crippen molar-refractivity contribution >= 4 is 22.8 Å². The van der Waals surface area contributed by atoms with Crippen molar-refractivity contribution in [3.05, 3.63) is 42.1 Å². The Balaban J connectivity index is 1.76. The molecule has 2 aromatic rings. The van der Waals surface area contributed by atoms with Crippen LogP contribution < -0.4 is 0 Å². The first kappa shape index (κ1) is 13.5. The summed E-state index contributed by atoms with van der Waals surface area (Å²) in [7, 11) is 1.35. The summed E-state index contributed by atoms with van der Waals surface area (Å²) in [6, 6.07) is 11.8. The molecule has 5 nitrogen and oxygen atoms in total. The first-order valence-electron chi connectivity index (χ1n) is 6.87. The third-order valence-corrected chi connectivity index (χ3v) is 3.76. The van der Waals surface area contributed by atoms with Crippen molar-refractivity contribution in [2.24, 2.45) is 5.92 Å². The molecule has 0 radical (unpaired) electrons. The molecule has 0 bridgehead atoms. The van der Waals surface area contributed by atoms with E-state index in [1.807, 2.05) is 36.4 Å². The smallest absolute Gasteiger partial charge is 0.310 e. The zero-order chi connectivity index (χ0) is 14.8. The van der Waals surface area contributed by atoms with Gasteiger partial charge in [-0.1, -0.05) is 24.3 Å². The molecule has 1 unspecified atom stereocenters. The van der Waals surface area contributed by atoms with Gasteiger partial charge in [-0.25, -0.2) is 0 Å². The Hall–Kier alpha value is -2.43. The zero-order valence-corrected chi connectivity index (χ0v) is 11.8. The van der Waals surface area contributed by atoms with E-state index >= 15 is 0 Å². The summed E-state index contributed by atoms with van der Waals surface area (Å²) in [5.41, 5.74) is 1.73. The Morgan fingerprint density at radius 1 is 1.33 bits per heavy atom. The van der Waals surface area contributed by atoms with E-state index in [0.29, 0.717) is 13.1 Å². The molecule has 2 heterocycles. The summed E-state index contributed by atoms with van der Waals surface area (Å²) < 4.78 is 4.71. The highest BCUT2D eigenvalue weighted by Gasteiger charge is 2.35. The van der Waals surface area contributed by atoms with E-state index in [1.165, 1.54) is 7.11 Å². The fraction of sp³-hybridized carbons (Fsp3) is 0.312. The fourth-order valence-electron chi connectivity index (χ4n) is 2.64. The lowest BCUT2D eigenvalue weighted by atomic mass is 10.1. The summed E-state index contributed by atoms with van der Waals surface area (Å²) in [5.74, 6) is -0.708. The van der Waals surface area contributed by atoms with Crippen molar-refractivity contribution in [1.82, 2.24) is 9.88 Å². The van der Waals surface area contributed by atoms with Gasteiger partial charge in [0.1, 0.15) is 0 Å². The van der Waals surface area contributed by atoms with Gasteiger partial charge < -0.3 is 9.64 Å². The molecule has 108 valence electrons. The van der Waals surface area contributed by atoms with E-state index in [1.54, 1.807) is 4.90 Å². The van der Waals surface area contributed by atoms with Gasteiger partial charge in [-0.3, -0.25) is 14.6 Å². The van der Waals surface area contributed by atoms with Crippen molar-refractivity contribution in [2.75, 3.05) is 13.7 Å². The van der Waals surface area contributed by atoms with Crippen molar-refractivity contribution in [3.63, 3.8) is 0 Å². The largest absolute Gasteiger partial charge is 0.469 e. The second-order valence-electron chi connectivity index (χ2n) is 5.19. The van der Waals surface area contributed by atoms with Gasteiger partial charge in [0.05, 0.1) is 30.8 Å². The lowest BCUT2D eigenvalue weighted by Crippen LogP contribution is -2.26. The van der Waals surface area contributed by atoms with Crippen LogP contribution in [0.2, 0.25) is 0 Å². The minimum atomic E-state index is -0.358. The normalized spacial score (nSPS) is 18.2. The molecule has 1 aromatic heterocycles. The first-order chi connectivity index (χ1) is 10.2. The summed E-state index contributed by atoms with van der Waals surface area (Å²) >= 11 is 0. The number of esters is 1. The number of aromatic nitrogens is 1. The maximum Gasteiger partial charge on any atom is 0.310 e. The number of pyridine rings is 1. The van der Waals surface area contributed by atoms with Crippen LogP contribution in [0, 0.1) is 5.92 Å². The number of likely N-dealkylation sites (tertiary alicyclic amines) is 1. The summed E-state index contributed by atoms with van der Waals surface area (Å²) in [6.07, 6.45) is 0.222. The Bertz CT molecular complexity index is 699. The highest BCUT2D eigenvalue weighted by Crippen LogP contribution is 2.21. The van der Waals surface area contributed by atoms with Crippen molar-refractivity contribution < 1.29 is 14.3 Å². The Kier molecular flexibility index (Phi) is 3.56.